The Morgan fingerprint density at radius 2 is 2.00 bits per heavy atom. The van der Waals surface area contributed by atoms with Crippen molar-refractivity contribution in [1.29, 1.82) is 0 Å². The van der Waals surface area contributed by atoms with Gasteiger partial charge in [-0.25, -0.2) is 9.18 Å². The van der Waals surface area contributed by atoms with Crippen molar-refractivity contribution >= 4 is 22.4 Å². The Morgan fingerprint density at radius 1 is 1.20 bits per heavy atom. The van der Waals surface area contributed by atoms with Crippen molar-refractivity contribution in [3.05, 3.63) is 53.0 Å². The number of carbonyl (C=O) groups excluding carboxylic acids is 1. The maximum Gasteiger partial charge on any atom is 0.325 e. The lowest BCUT2D eigenvalue weighted by Gasteiger charge is -2.32. The van der Waals surface area contributed by atoms with Crippen molar-refractivity contribution in [3.8, 4) is 11.5 Å². The highest BCUT2D eigenvalue weighted by Gasteiger charge is 2.26. The molecule has 4 rings (SSSR count). The van der Waals surface area contributed by atoms with Gasteiger partial charge in [-0.1, -0.05) is 6.07 Å². The molecule has 6 nitrogen and oxygen atoms in total. The Labute approximate surface area is 174 Å². The fraction of sp³-hybridized carbons (Fsp3) is 0.350. The average molecular weight is 436 g/mol. The lowest BCUT2D eigenvalue weighted by atomic mass is 10.1. The second kappa shape index (κ2) is 8.86. The molecule has 1 aromatic carbocycles. The molecule has 0 bridgehead atoms. The third kappa shape index (κ3) is 4.33. The number of halogens is 3. The maximum atomic E-state index is 14.8. The van der Waals surface area contributed by atoms with Gasteiger partial charge >= 0.3 is 12.5 Å². The first-order valence-electron chi connectivity index (χ1n) is 9.53. The molecule has 2 aromatic heterocycles. The van der Waals surface area contributed by atoms with Crippen LogP contribution < -0.4 is 4.90 Å². The Kier molecular flexibility index (Phi) is 6.03. The van der Waals surface area contributed by atoms with Crippen LogP contribution in [0.4, 0.5) is 23.0 Å². The van der Waals surface area contributed by atoms with Gasteiger partial charge in [0.15, 0.2) is 0 Å². The second-order valence-electron chi connectivity index (χ2n) is 6.92. The minimum absolute atomic E-state index is 0.0497. The minimum atomic E-state index is -2.89. The number of urea groups is 1. The molecule has 0 unspecified atom stereocenters. The Balaban J connectivity index is 1.57. The zero-order chi connectivity index (χ0) is 21.1. The molecule has 1 aliphatic rings. The number of thiophene rings is 1. The van der Waals surface area contributed by atoms with E-state index in [0.717, 1.165) is 30.3 Å². The van der Waals surface area contributed by atoms with Gasteiger partial charge in [0.25, 0.3) is 5.89 Å². The van der Waals surface area contributed by atoms with E-state index in [-0.39, 0.29) is 24.0 Å². The van der Waals surface area contributed by atoms with Crippen molar-refractivity contribution in [2.24, 2.45) is 0 Å². The van der Waals surface area contributed by atoms with Crippen LogP contribution in [0.2, 0.25) is 0 Å². The maximum absolute atomic E-state index is 14.8. The van der Waals surface area contributed by atoms with Crippen LogP contribution in [0.25, 0.3) is 11.5 Å². The molecule has 0 aliphatic carbocycles. The van der Waals surface area contributed by atoms with Gasteiger partial charge in [-0.2, -0.15) is 8.78 Å². The van der Waals surface area contributed by atoms with E-state index in [1.807, 2.05) is 17.5 Å². The van der Waals surface area contributed by atoms with Crippen molar-refractivity contribution in [3.63, 3.8) is 0 Å². The number of benzene rings is 1. The van der Waals surface area contributed by atoms with E-state index in [9.17, 15) is 18.0 Å². The van der Waals surface area contributed by atoms with Crippen LogP contribution in [0.1, 0.15) is 37.1 Å². The monoisotopic (exact) mass is 436 g/mol. The lowest BCUT2D eigenvalue weighted by Crippen LogP contribution is -2.45. The van der Waals surface area contributed by atoms with Crippen molar-refractivity contribution in [2.45, 2.75) is 32.2 Å². The molecule has 1 aliphatic heterocycles. The third-order valence-electron chi connectivity index (χ3n) is 4.89. The summed E-state index contributed by atoms with van der Waals surface area (Å²) in [5.41, 5.74) is 0.492. The van der Waals surface area contributed by atoms with Gasteiger partial charge < -0.3 is 9.32 Å². The SMILES string of the molecule is O=C(N1CCCCC1)N(Cc1ccc(-c2nnc(C(F)F)o2)cc1F)c1cccs1. The number of anilines is 1. The normalized spacial score (nSPS) is 14.3. The molecule has 0 saturated carbocycles. The number of nitrogens with zero attached hydrogens (tertiary/aromatic N) is 4. The van der Waals surface area contributed by atoms with E-state index >= 15 is 0 Å². The van der Waals surface area contributed by atoms with E-state index < -0.39 is 18.1 Å². The van der Waals surface area contributed by atoms with Gasteiger partial charge in [0.05, 0.1) is 11.5 Å². The summed E-state index contributed by atoms with van der Waals surface area (Å²) in [6.07, 6.45) is 0.118. The third-order valence-corrected chi connectivity index (χ3v) is 5.78. The summed E-state index contributed by atoms with van der Waals surface area (Å²) in [6.45, 7) is 1.42. The molecule has 3 heterocycles. The van der Waals surface area contributed by atoms with Crippen LogP contribution >= 0.6 is 11.3 Å². The molecule has 1 fully saturated rings. The van der Waals surface area contributed by atoms with Gasteiger partial charge in [-0.15, -0.1) is 21.5 Å². The fourth-order valence-electron chi connectivity index (χ4n) is 3.34. The molecule has 10 heteroatoms. The summed E-state index contributed by atoms with van der Waals surface area (Å²) in [5, 5.41) is 9.38. The van der Waals surface area contributed by atoms with E-state index in [0.29, 0.717) is 18.7 Å². The number of alkyl halides is 2. The summed E-state index contributed by atoms with van der Waals surface area (Å²) >= 11 is 1.41. The molecular formula is C20H19F3N4O2S. The van der Waals surface area contributed by atoms with Crippen LogP contribution in [0.15, 0.2) is 40.1 Å². The zero-order valence-corrected chi connectivity index (χ0v) is 16.7. The average Bonchev–Trinajstić information content (AvgIpc) is 3.45. The largest absolute Gasteiger partial charge is 0.415 e. The highest BCUT2D eigenvalue weighted by molar-refractivity contribution is 7.14. The quantitative estimate of drug-likeness (QED) is 0.531. The first kappa shape index (κ1) is 20.4. The molecule has 30 heavy (non-hydrogen) atoms. The Morgan fingerprint density at radius 3 is 2.63 bits per heavy atom. The second-order valence-corrected chi connectivity index (χ2v) is 7.85. The predicted octanol–water partition coefficient (Wildman–Crippen LogP) is 5.49. The highest BCUT2D eigenvalue weighted by atomic mass is 32.1. The van der Waals surface area contributed by atoms with Crippen LogP contribution in [-0.4, -0.2) is 34.2 Å². The number of hydrogen-bond acceptors (Lipinski definition) is 5. The number of hydrogen-bond donors (Lipinski definition) is 0. The number of rotatable bonds is 5. The van der Waals surface area contributed by atoms with Gasteiger partial charge in [-0.05, 0) is 48.9 Å². The standard InChI is InChI=1S/C20H19F3N4O2S/c21-15-11-13(18-24-25-19(29-18)17(22)23)6-7-14(15)12-27(16-5-4-10-30-16)20(28)26-8-2-1-3-9-26/h4-7,10-11,17H,1-3,8-9,12H2. The molecule has 0 spiro atoms. The number of aromatic nitrogens is 2. The van der Waals surface area contributed by atoms with E-state index in [2.05, 4.69) is 10.2 Å². The zero-order valence-electron chi connectivity index (χ0n) is 15.9. The number of likely N-dealkylation sites (tertiary alicyclic amines) is 1. The van der Waals surface area contributed by atoms with Gasteiger partial charge in [0.2, 0.25) is 5.89 Å². The van der Waals surface area contributed by atoms with Crippen LogP contribution in [0.5, 0.6) is 0 Å². The Bertz CT molecular complexity index is 1000. The highest BCUT2D eigenvalue weighted by Crippen LogP contribution is 2.29. The van der Waals surface area contributed by atoms with E-state index in [1.54, 1.807) is 9.80 Å². The summed E-state index contributed by atoms with van der Waals surface area (Å²) in [7, 11) is 0. The van der Waals surface area contributed by atoms with Crippen LogP contribution in [0.3, 0.4) is 0 Å². The first-order chi connectivity index (χ1) is 14.5. The number of amides is 2. The fourth-order valence-corrected chi connectivity index (χ4v) is 4.06. The molecule has 1 saturated heterocycles. The summed E-state index contributed by atoms with van der Waals surface area (Å²) in [6, 6.07) is 7.67. The molecule has 2 amide bonds. The summed E-state index contributed by atoms with van der Waals surface area (Å²) in [5.74, 6) is -1.59. The molecule has 0 atom stereocenters. The Hall–Kier alpha value is -2.88. The summed E-state index contributed by atoms with van der Waals surface area (Å²) < 4.78 is 45.0. The van der Waals surface area contributed by atoms with Gasteiger partial charge in [0, 0.05) is 24.2 Å². The van der Waals surface area contributed by atoms with Crippen molar-refractivity contribution in [1.82, 2.24) is 15.1 Å². The van der Waals surface area contributed by atoms with Crippen molar-refractivity contribution in [2.75, 3.05) is 18.0 Å². The predicted molar refractivity (Wildman–Crippen MR) is 106 cm³/mol. The van der Waals surface area contributed by atoms with Crippen molar-refractivity contribution < 1.29 is 22.4 Å². The lowest BCUT2D eigenvalue weighted by molar-refractivity contribution is 0.116. The van der Waals surface area contributed by atoms with Gasteiger partial charge in [0.1, 0.15) is 5.82 Å². The first-order valence-corrected chi connectivity index (χ1v) is 10.4. The topological polar surface area (TPSA) is 62.5 Å². The number of piperidine rings is 1. The van der Waals surface area contributed by atoms with Crippen LogP contribution in [0, 0.1) is 5.82 Å². The van der Waals surface area contributed by atoms with E-state index in [4.69, 9.17) is 4.42 Å². The molecule has 0 N–H and O–H groups in total. The smallest absolute Gasteiger partial charge is 0.325 e. The molecule has 0 radical (unpaired) electrons. The molecule has 3 aromatic rings. The minimum Gasteiger partial charge on any atom is -0.415 e. The van der Waals surface area contributed by atoms with E-state index in [1.165, 1.54) is 23.5 Å². The molecular weight excluding hydrogens is 417 g/mol. The molecule has 158 valence electrons. The summed E-state index contributed by atoms with van der Waals surface area (Å²) in [4.78, 5) is 16.5. The van der Waals surface area contributed by atoms with Gasteiger partial charge in [-0.3, -0.25) is 4.90 Å². The number of carbonyl (C=O) groups is 1. The van der Waals surface area contributed by atoms with Crippen LogP contribution in [-0.2, 0) is 6.54 Å².